The Balaban J connectivity index is 1.75. The van der Waals surface area contributed by atoms with Crippen molar-refractivity contribution >= 4 is 39.7 Å². The van der Waals surface area contributed by atoms with Crippen LogP contribution in [0.25, 0.3) is 10.8 Å². The van der Waals surface area contributed by atoms with Gasteiger partial charge in [0.05, 0.1) is 0 Å². The maximum Gasteiger partial charge on any atom is 0.258 e. The Morgan fingerprint density at radius 3 is 2.39 bits per heavy atom. The number of fused-ring (bicyclic) bond motifs is 1. The van der Waals surface area contributed by atoms with Gasteiger partial charge in [0.1, 0.15) is 5.82 Å². The lowest BCUT2D eigenvalue weighted by Gasteiger charge is -2.11. The van der Waals surface area contributed by atoms with Crippen LogP contribution < -0.4 is 10.6 Å². The Morgan fingerprint density at radius 2 is 1.61 bits per heavy atom. The van der Waals surface area contributed by atoms with E-state index in [1.165, 1.54) is 12.1 Å². The maximum absolute atomic E-state index is 12.9. The monoisotopic (exact) mass is 324 g/mol. The highest BCUT2D eigenvalue weighted by Gasteiger charge is 2.11. The van der Waals surface area contributed by atoms with Crippen molar-refractivity contribution in [1.29, 1.82) is 0 Å². The van der Waals surface area contributed by atoms with Crippen molar-refractivity contribution in [2.24, 2.45) is 0 Å². The van der Waals surface area contributed by atoms with E-state index >= 15 is 0 Å². The quantitative estimate of drug-likeness (QED) is 0.697. The molecule has 5 heteroatoms. The van der Waals surface area contributed by atoms with Crippen LogP contribution >= 0.6 is 12.2 Å². The number of thiocarbonyl (C=S) groups is 1. The molecule has 0 spiro atoms. The standard InChI is InChI=1S/C18H13FN2OS/c19-13-8-10-14(11-9-13)20-18(23)21-17(22)16-7-3-5-12-4-1-2-6-15(12)16/h1-11H,(H2,20,21,22,23). The summed E-state index contributed by atoms with van der Waals surface area (Å²) in [6, 6.07) is 18.9. The predicted octanol–water partition coefficient (Wildman–Crippen LogP) is 4.11. The Hall–Kier alpha value is -2.79. The number of hydrogen-bond acceptors (Lipinski definition) is 2. The van der Waals surface area contributed by atoms with Crippen LogP contribution in [0.15, 0.2) is 66.7 Å². The van der Waals surface area contributed by atoms with Crippen molar-refractivity contribution in [2.45, 2.75) is 0 Å². The summed E-state index contributed by atoms with van der Waals surface area (Å²) in [6.07, 6.45) is 0. The van der Waals surface area contributed by atoms with Gasteiger partial charge in [-0.25, -0.2) is 4.39 Å². The fourth-order valence-electron chi connectivity index (χ4n) is 2.29. The molecule has 2 N–H and O–H groups in total. The molecule has 0 aliphatic heterocycles. The zero-order valence-electron chi connectivity index (χ0n) is 12.0. The average molecular weight is 324 g/mol. The lowest BCUT2D eigenvalue weighted by Crippen LogP contribution is -2.34. The van der Waals surface area contributed by atoms with Gasteiger partial charge in [0.25, 0.3) is 5.91 Å². The molecule has 3 aromatic rings. The van der Waals surface area contributed by atoms with Crippen molar-refractivity contribution in [2.75, 3.05) is 5.32 Å². The molecule has 0 bridgehead atoms. The second kappa shape index (κ2) is 6.54. The van der Waals surface area contributed by atoms with Gasteiger partial charge in [0.2, 0.25) is 0 Å². The van der Waals surface area contributed by atoms with Crippen LogP contribution in [0.5, 0.6) is 0 Å². The summed E-state index contributed by atoms with van der Waals surface area (Å²) >= 11 is 5.13. The minimum absolute atomic E-state index is 0.162. The summed E-state index contributed by atoms with van der Waals surface area (Å²) in [5.74, 6) is -0.623. The molecule has 0 aliphatic carbocycles. The van der Waals surface area contributed by atoms with Crippen LogP contribution in [0.2, 0.25) is 0 Å². The lowest BCUT2D eigenvalue weighted by atomic mass is 10.0. The Kier molecular flexibility index (Phi) is 4.30. The molecule has 23 heavy (non-hydrogen) atoms. The number of anilines is 1. The van der Waals surface area contributed by atoms with Crippen LogP contribution in [-0.2, 0) is 0 Å². The third-order valence-corrected chi connectivity index (χ3v) is 3.57. The van der Waals surface area contributed by atoms with E-state index in [1.54, 1.807) is 18.2 Å². The SMILES string of the molecule is O=C(NC(=S)Nc1ccc(F)cc1)c1cccc2ccccc12. The highest BCUT2D eigenvalue weighted by atomic mass is 32.1. The third kappa shape index (κ3) is 3.52. The van der Waals surface area contributed by atoms with E-state index in [-0.39, 0.29) is 16.8 Å². The molecule has 0 atom stereocenters. The molecule has 1 amide bonds. The first-order valence-electron chi connectivity index (χ1n) is 6.99. The molecule has 3 rings (SSSR count). The molecule has 3 nitrogen and oxygen atoms in total. The molecule has 0 aliphatic rings. The van der Waals surface area contributed by atoms with Crippen molar-refractivity contribution in [3.05, 3.63) is 78.1 Å². The second-order valence-corrected chi connectivity index (χ2v) is 5.35. The number of hydrogen-bond donors (Lipinski definition) is 2. The van der Waals surface area contributed by atoms with Crippen LogP contribution in [-0.4, -0.2) is 11.0 Å². The summed E-state index contributed by atoms with van der Waals surface area (Å²) in [6.45, 7) is 0. The zero-order valence-corrected chi connectivity index (χ0v) is 12.9. The Labute approximate surface area is 138 Å². The number of benzene rings is 3. The number of halogens is 1. The lowest BCUT2D eigenvalue weighted by molar-refractivity contribution is 0.0979. The molecule has 0 unspecified atom stereocenters. The number of carbonyl (C=O) groups excluding carboxylic acids is 1. The van der Waals surface area contributed by atoms with E-state index in [0.717, 1.165) is 10.8 Å². The smallest absolute Gasteiger partial charge is 0.258 e. The summed E-state index contributed by atoms with van der Waals surface area (Å²) in [5, 5.41) is 7.49. The van der Waals surface area contributed by atoms with Crippen LogP contribution in [0.1, 0.15) is 10.4 Å². The molecule has 0 radical (unpaired) electrons. The van der Waals surface area contributed by atoms with Gasteiger partial charge in [-0.2, -0.15) is 0 Å². The van der Waals surface area contributed by atoms with Crippen molar-refractivity contribution in [3.8, 4) is 0 Å². The molecule has 0 heterocycles. The van der Waals surface area contributed by atoms with Gasteiger partial charge in [0, 0.05) is 11.3 Å². The first kappa shape index (κ1) is 15.1. The van der Waals surface area contributed by atoms with Gasteiger partial charge in [-0.1, -0.05) is 36.4 Å². The van der Waals surface area contributed by atoms with Gasteiger partial charge in [0.15, 0.2) is 5.11 Å². The minimum atomic E-state index is -0.332. The van der Waals surface area contributed by atoms with E-state index in [4.69, 9.17) is 12.2 Å². The highest BCUT2D eigenvalue weighted by Crippen LogP contribution is 2.18. The van der Waals surface area contributed by atoms with Gasteiger partial charge in [-0.15, -0.1) is 0 Å². The van der Waals surface area contributed by atoms with E-state index in [1.807, 2.05) is 36.4 Å². The maximum atomic E-state index is 12.9. The largest absolute Gasteiger partial charge is 0.332 e. The fraction of sp³-hybridized carbons (Fsp3) is 0. The Bertz CT molecular complexity index is 872. The zero-order chi connectivity index (χ0) is 16.2. The van der Waals surface area contributed by atoms with E-state index in [0.29, 0.717) is 11.3 Å². The van der Waals surface area contributed by atoms with Crippen LogP contribution in [0.3, 0.4) is 0 Å². The molecule has 0 saturated heterocycles. The first-order chi connectivity index (χ1) is 11.1. The van der Waals surface area contributed by atoms with Gasteiger partial charge in [-0.3, -0.25) is 10.1 Å². The summed E-state index contributed by atoms with van der Waals surface area (Å²) in [5.41, 5.74) is 1.15. The van der Waals surface area contributed by atoms with E-state index < -0.39 is 0 Å². The topological polar surface area (TPSA) is 41.1 Å². The minimum Gasteiger partial charge on any atom is -0.332 e. The molecule has 0 saturated carbocycles. The summed E-state index contributed by atoms with van der Waals surface area (Å²) in [4.78, 5) is 12.4. The fourth-order valence-corrected chi connectivity index (χ4v) is 2.50. The number of amides is 1. The average Bonchev–Trinajstić information content (AvgIpc) is 2.56. The van der Waals surface area contributed by atoms with Gasteiger partial charge in [-0.05, 0) is 53.3 Å². The molecular weight excluding hydrogens is 311 g/mol. The van der Waals surface area contributed by atoms with E-state index in [2.05, 4.69) is 10.6 Å². The first-order valence-corrected chi connectivity index (χ1v) is 7.40. The molecule has 3 aromatic carbocycles. The normalized spacial score (nSPS) is 10.3. The summed E-state index contributed by atoms with van der Waals surface area (Å²) < 4.78 is 12.9. The van der Waals surface area contributed by atoms with Crippen molar-refractivity contribution in [3.63, 3.8) is 0 Å². The molecular formula is C18H13FN2OS. The third-order valence-electron chi connectivity index (χ3n) is 3.36. The summed E-state index contributed by atoms with van der Waals surface area (Å²) in [7, 11) is 0. The van der Waals surface area contributed by atoms with Crippen LogP contribution in [0.4, 0.5) is 10.1 Å². The second-order valence-electron chi connectivity index (χ2n) is 4.94. The molecule has 0 aromatic heterocycles. The number of nitrogens with one attached hydrogen (secondary N) is 2. The molecule has 0 fully saturated rings. The number of carbonyl (C=O) groups is 1. The van der Waals surface area contributed by atoms with Crippen molar-refractivity contribution in [1.82, 2.24) is 5.32 Å². The predicted molar refractivity (Wildman–Crippen MR) is 94.0 cm³/mol. The van der Waals surface area contributed by atoms with Gasteiger partial charge < -0.3 is 5.32 Å². The Morgan fingerprint density at radius 1 is 0.913 bits per heavy atom. The van der Waals surface area contributed by atoms with Gasteiger partial charge >= 0.3 is 0 Å². The highest BCUT2D eigenvalue weighted by molar-refractivity contribution is 7.80. The van der Waals surface area contributed by atoms with Crippen molar-refractivity contribution < 1.29 is 9.18 Å². The molecule has 114 valence electrons. The van der Waals surface area contributed by atoms with Crippen LogP contribution in [0, 0.1) is 5.82 Å². The van der Waals surface area contributed by atoms with E-state index in [9.17, 15) is 9.18 Å². The number of rotatable bonds is 2.